The Bertz CT molecular complexity index is 528. The lowest BCUT2D eigenvalue weighted by Crippen LogP contribution is -2.46. The van der Waals surface area contributed by atoms with Gasteiger partial charge in [0.1, 0.15) is 5.00 Å². The number of aliphatic hydroxyl groups excluding tert-OH is 1. The Morgan fingerprint density at radius 3 is 2.61 bits per heavy atom. The highest BCUT2D eigenvalue weighted by Gasteiger charge is 2.34. The summed E-state index contributed by atoms with van der Waals surface area (Å²) in [6, 6.07) is -0.0405. The van der Waals surface area contributed by atoms with E-state index in [0.29, 0.717) is 19.0 Å². The Kier molecular flexibility index (Phi) is 6.03. The van der Waals surface area contributed by atoms with E-state index in [1.165, 1.54) is 0 Å². The smallest absolute Gasteiger partial charge is 0.322 e. The molecular formula is C17H29N3O2S. The van der Waals surface area contributed by atoms with Gasteiger partial charge in [0.15, 0.2) is 0 Å². The maximum atomic E-state index is 12.5. The Morgan fingerprint density at radius 2 is 2.09 bits per heavy atom. The molecule has 0 aromatic carbocycles. The van der Waals surface area contributed by atoms with Crippen LogP contribution in [0.25, 0.3) is 0 Å². The quantitative estimate of drug-likeness (QED) is 0.860. The lowest BCUT2D eigenvalue weighted by atomic mass is 9.77. The third kappa shape index (κ3) is 4.44. The van der Waals surface area contributed by atoms with Crippen LogP contribution in [0.3, 0.4) is 0 Å². The number of rotatable bonds is 5. The molecule has 1 aromatic rings. The molecule has 0 aliphatic carbocycles. The molecule has 2 rings (SSSR count). The molecule has 2 heterocycles. The number of nitrogens with zero attached hydrogens (tertiary/aromatic N) is 2. The van der Waals surface area contributed by atoms with E-state index in [1.54, 1.807) is 11.3 Å². The van der Waals surface area contributed by atoms with Crippen molar-refractivity contribution in [1.29, 1.82) is 0 Å². The molecule has 2 N–H and O–H groups in total. The van der Waals surface area contributed by atoms with Crippen LogP contribution in [0.4, 0.5) is 9.80 Å². The Labute approximate surface area is 143 Å². The maximum absolute atomic E-state index is 12.5. The summed E-state index contributed by atoms with van der Waals surface area (Å²) in [5.74, 6) is 0.511. The number of urea groups is 1. The zero-order valence-electron chi connectivity index (χ0n) is 14.7. The van der Waals surface area contributed by atoms with Gasteiger partial charge in [0.05, 0.1) is 10.7 Å². The molecule has 5 nitrogen and oxygen atoms in total. The number of likely N-dealkylation sites (tertiary alicyclic amines) is 1. The lowest BCUT2D eigenvalue weighted by Gasteiger charge is -2.40. The summed E-state index contributed by atoms with van der Waals surface area (Å²) < 4.78 is 0. The fourth-order valence-electron chi connectivity index (χ4n) is 3.08. The number of hydrogen-bond acceptors (Lipinski definition) is 4. The summed E-state index contributed by atoms with van der Waals surface area (Å²) in [6.45, 7) is 10.0. The fourth-order valence-corrected chi connectivity index (χ4v) is 3.91. The molecule has 0 atom stereocenters. The summed E-state index contributed by atoms with van der Waals surface area (Å²) in [4.78, 5) is 18.9. The maximum Gasteiger partial charge on any atom is 0.322 e. The van der Waals surface area contributed by atoms with E-state index in [9.17, 15) is 9.90 Å². The van der Waals surface area contributed by atoms with Crippen LogP contribution in [0.15, 0.2) is 0 Å². The minimum absolute atomic E-state index is 0.000653. The van der Waals surface area contributed by atoms with Crippen molar-refractivity contribution in [3.63, 3.8) is 0 Å². The highest BCUT2D eigenvalue weighted by molar-refractivity contribution is 7.16. The molecule has 23 heavy (non-hydrogen) atoms. The molecule has 1 aliphatic heterocycles. The van der Waals surface area contributed by atoms with Gasteiger partial charge < -0.3 is 10.0 Å². The van der Waals surface area contributed by atoms with Crippen molar-refractivity contribution in [1.82, 2.24) is 9.88 Å². The van der Waals surface area contributed by atoms with Crippen LogP contribution in [0, 0.1) is 18.3 Å². The first kappa shape index (κ1) is 18.2. The second-order valence-electron chi connectivity index (χ2n) is 7.04. The SMILES string of the molecule is CCC1(CO)CCN(C(=O)Nc2sc(C)nc2CC(C)C)CC1. The summed E-state index contributed by atoms with van der Waals surface area (Å²) in [5, 5.41) is 14.5. The van der Waals surface area contributed by atoms with Gasteiger partial charge >= 0.3 is 6.03 Å². The molecule has 0 unspecified atom stereocenters. The van der Waals surface area contributed by atoms with E-state index in [0.717, 1.165) is 41.4 Å². The second kappa shape index (κ2) is 7.62. The first-order valence-corrected chi connectivity index (χ1v) is 9.34. The molecule has 0 bridgehead atoms. The number of thiazole rings is 1. The van der Waals surface area contributed by atoms with E-state index < -0.39 is 0 Å². The normalized spacial score (nSPS) is 17.6. The van der Waals surface area contributed by atoms with Crippen molar-refractivity contribution in [2.75, 3.05) is 25.0 Å². The molecule has 1 aromatic heterocycles. The number of aromatic nitrogens is 1. The number of nitrogens with one attached hydrogen (secondary N) is 1. The third-order valence-electron chi connectivity index (χ3n) is 4.82. The van der Waals surface area contributed by atoms with E-state index in [4.69, 9.17) is 0 Å². The van der Waals surface area contributed by atoms with Gasteiger partial charge in [-0.1, -0.05) is 20.8 Å². The van der Waals surface area contributed by atoms with Crippen molar-refractivity contribution >= 4 is 22.4 Å². The number of aryl methyl sites for hydroxylation is 1. The van der Waals surface area contributed by atoms with Crippen molar-refractivity contribution < 1.29 is 9.90 Å². The first-order chi connectivity index (χ1) is 10.9. The van der Waals surface area contributed by atoms with Gasteiger partial charge in [-0.15, -0.1) is 11.3 Å². The number of hydrogen-bond donors (Lipinski definition) is 2. The fraction of sp³-hybridized carbons (Fsp3) is 0.765. The second-order valence-corrected chi connectivity index (χ2v) is 8.24. The molecule has 0 saturated carbocycles. The van der Waals surface area contributed by atoms with E-state index in [1.807, 2.05) is 11.8 Å². The van der Waals surface area contributed by atoms with Gasteiger partial charge in [-0.05, 0) is 43.9 Å². The van der Waals surface area contributed by atoms with Crippen LogP contribution in [0.5, 0.6) is 0 Å². The number of piperidine rings is 1. The van der Waals surface area contributed by atoms with E-state index >= 15 is 0 Å². The van der Waals surface area contributed by atoms with Crippen LogP contribution in [-0.4, -0.2) is 40.7 Å². The van der Waals surface area contributed by atoms with Gasteiger partial charge in [0.2, 0.25) is 0 Å². The highest BCUT2D eigenvalue weighted by atomic mass is 32.1. The number of carbonyl (C=O) groups is 1. The number of amides is 2. The van der Waals surface area contributed by atoms with Crippen molar-refractivity contribution in [3.8, 4) is 0 Å². The van der Waals surface area contributed by atoms with Gasteiger partial charge in [-0.3, -0.25) is 5.32 Å². The molecule has 6 heteroatoms. The van der Waals surface area contributed by atoms with Crippen LogP contribution < -0.4 is 5.32 Å². The van der Waals surface area contributed by atoms with Crippen LogP contribution in [0.2, 0.25) is 0 Å². The summed E-state index contributed by atoms with van der Waals surface area (Å²) in [6.07, 6.45) is 3.58. The molecule has 2 amide bonds. The summed E-state index contributed by atoms with van der Waals surface area (Å²) >= 11 is 1.55. The standard InChI is InChI=1S/C17H29N3O2S/c1-5-17(11-21)6-8-20(9-7-17)16(22)19-15-14(10-12(2)3)18-13(4)23-15/h12,21H,5-11H2,1-4H3,(H,19,22). The number of aliphatic hydroxyl groups is 1. The number of anilines is 1. The Balaban J connectivity index is 1.98. The summed E-state index contributed by atoms with van der Waals surface area (Å²) in [7, 11) is 0. The summed E-state index contributed by atoms with van der Waals surface area (Å²) in [5.41, 5.74) is 0.992. The van der Waals surface area contributed by atoms with E-state index in [2.05, 4.69) is 31.1 Å². The van der Waals surface area contributed by atoms with Crippen LogP contribution in [-0.2, 0) is 6.42 Å². The predicted octanol–water partition coefficient (Wildman–Crippen LogP) is 3.67. The Morgan fingerprint density at radius 1 is 1.43 bits per heavy atom. The molecule has 0 radical (unpaired) electrons. The predicted molar refractivity (Wildman–Crippen MR) is 95.0 cm³/mol. The Hall–Kier alpha value is -1.14. The molecule has 0 spiro atoms. The zero-order chi connectivity index (χ0) is 17.0. The first-order valence-electron chi connectivity index (χ1n) is 8.52. The minimum atomic E-state index is -0.0405. The molecular weight excluding hydrogens is 310 g/mol. The lowest BCUT2D eigenvalue weighted by molar-refractivity contribution is 0.0542. The van der Waals surface area contributed by atoms with Gasteiger partial charge in [0, 0.05) is 19.7 Å². The van der Waals surface area contributed by atoms with Crippen LogP contribution in [0.1, 0.15) is 50.7 Å². The molecule has 1 fully saturated rings. The number of carbonyl (C=O) groups excluding carboxylic acids is 1. The third-order valence-corrected chi connectivity index (χ3v) is 5.75. The van der Waals surface area contributed by atoms with Crippen molar-refractivity contribution in [3.05, 3.63) is 10.7 Å². The van der Waals surface area contributed by atoms with Gasteiger partial charge in [-0.25, -0.2) is 9.78 Å². The van der Waals surface area contributed by atoms with Crippen molar-refractivity contribution in [2.24, 2.45) is 11.3 Å². The van der Waals surface area contributed by atoms with Gasteiger partial charge in [-0.2, -0.15) is 0 Å². The molecule has 1 aliphatic rings. The topological polar surface area (TPSA) is 65.5 Å². The van der Waals surface area contributed by atoms with E-state index in [-0.39, 0.29) is 18.1 Å². The van der Waals surface area contributed by atoms with Gasteiger partial charge in [0.25, 0.3) is 0 Å². The average molecular weight is 340 g/mol. The molecule has 1 saturated heterocycles. The monoisotopic (exact) mass is 339 g/mol. The molecule has 130 valence electrons. The average Bonchev–Trinajstić information content (AvgIpc) is 2.85. The zero-order valence-corrected chi connectivity index (χ0v) is 15.5. The van der Waals surface area contributed by atoms with Crippen molar-refractivity contribution in [2.45, 2.75) is 53.4 Å². The van der Waals surface area contributed by atoms with Crippen LogP contribution >= 0.6 is 11.3 Å². The highest BCUT2D eigenvalue weighted by Crippen LogP contribution is 2.34. The largest absolute Gasteiger partial charge is 0.396 e. The minimum Gasteiger partial charge on any atom is -0.396 e.